The molecule has 7 heteroatoms. The number of ether oxygens (including phenoxy) is 1. The smallest absolute Gasteiger partial charge is 0.328 e. The Morgan fingerprint density at radius 1 is 1.20 bits per heavy atom. The molecule has 1 unspecified atom stereocenters. The standard InChI is InChI=1S/C18H28N2O5/c1-18(2,3)25-13-15(16(22)23)19-17(24)20(11-12-21)10-9-14-7-5-4-6-8-14/h4-8,15,21H,9-13H2,1-3H3,(H,19,24)(H,22,23). The monoisotopic (exact) mass is 352 g/mol. The number of rotatable bonds is 9. The minimum Gasteiger partial charge on any atom is -0.480 e. The molecule has 0 heterocycles. The average molecular weight is 352 g/mol. The van der Waals surface area contributed by atoms with E-state index in [-0.39, 0.29) is 19.8 Å². The van der Waals surface area contributed by atoms with Crippen molar-refractivity contribution in [3.63, 3.8) is 0 Å². The van der Waals surface area contributed by atoms with Crippen molar-refractivity contribution >= 4 is 12.0 Å². The lowest BCUT2D eigenvalue weighted by Gasteiger charge is -2.26. The van der Waals surface area contributed by atoms with Gasteiger partial charge in [-0.1, -0.05) is 30.3 Å². The fourth-order valence-corrected chi connectivity index (χ4v) is 2.09. The Morgan fingerprint density at radius 3 is 2.36 bits per heavy atom. The Kier molecular flexibility index (Phi) is 8.37. The number of hydrogen-bond acceptors (Lipinski definition) is 4. The molecule has 25 heavy (non-hydrogen) atoms. The Labute approximate surface area is 148 Å². The fraction of sp³-hybridized carbons (Fsp3) is 0.556. The molecule has 0 fully saturated rings. The van der Waals surface area contributed by atoms with Crippen molar-refractivity contribution in [3.8, 4) is 0 Å². The van der Waals surface area contributed by atoms with E-state index < -0.39 is 23.6 Å². The maximum absolute atomic E-state index is 12.4. The molecule has 1 atom stereocenters. The number of aliphatic carboxylic acids is 1. The molecule has 3 N–H and O–H groups in total. The molecular weight excluding hydrogens is 324 g/mol. The number of urea groups is 1. The van der Waals surface area contributed by atoms with Crippen LogP contribution in [0.15, 0.2) is 30.3 Å². The van der Waals surface area contributed by atoms with Gasteiger partial charge in [-0.25, -0.2) is 9.59 Å². The van der Waals surface area contributed by atoms with Gasteiger partial charge in [-0.2, -0.15) is 0 Å². The van der Waals surface area contributed by atoms with E-state index in [0.717, 1.165) is 5.56 Å². The summed E-state index contributed by atoms with van der Waals surface area (Å²) in [6, 6.07) is 7.96. The third-order valence-corrected chi connectivity index (χ3v) is 3.45. The van der Waals surface area contributed by atoms with Gasteiger partial charge in [0.2, 0.25) is 0 Å². The number of carbonyl (C=O) groups is 2. The highest BCUT2D eigenvalue weighted by molar-refractivity contribution is 5.82. The van der Waals surface area contributed by atoms with E-state index in [1.807, 2.05) is 51.1 Å². The first-order chi connectivity index (χ1) is 11.7. The van der Waals surface area contributed by atoms with Crippen molar-refractivity contribution in [2.45, 2.75) is 38.8 Å². The van der Waals surface area contributed by atoms with Crippen LogP contribution in [0.1, 0.15) is 26.3 Å². The summed E-state index contributed by atoms with van der Waals surface area (Å²) in [5, 5.41) is 20.9. The quantitative estimate of drug-likeness (QED) is 0.625. The molecule has 0 aromatic heterocycles. The summed E-state index contributed by atoms with van der Waals surface area (Å²) in [5.41, 5.74) is 0.556. The van der Waals surface area contributed by atoms with E-state index in [9.17, 15) is 19.8 Å². The molecule has 7 nitrogen and oxygen atoms in total. The number of nitrogens with zero attached hydrogens (tertiary/aromatic N) is 1. The summed E-state index contributed by atoms with van der Waals surface area (Å²) in [7, 11) is 0. The van der Waals surface area contributed by atoms with Gasteiger partial charge in [-0.05, 0) is 32.8 Å². The summed E-state index contributed by atoms with van der Waals surface area (Å²) in [4.78, 5) is 25.1. The van der Waals surface area contributed by atoms with E-state index in [1.165, 1.54) is 4.90 Å². The first-order valence-corrected chi connectivity index (χ1v) is 8.30. The van der Waals surface area contributed by atoms with Crippen LogP contribution in [0.2, 0.25) is 0 Å². The van der Waals surface area contributed by atoms with Crippen molar-refractivity contribution in [1.29, 1.82) is 0 Å². The molecule has 0 saturated carbocycles. The second-order valence-corrected chi connectivity index (χ2v) is 6.71. The molecule has 1 rings (SSSR count). The van der Waals surface area contributed by atoms with Crippen LogP contribution in [0.3, 0.4) is 0 Å². The van der Waals surface area contributed by atoms with Crippen molar-refractivity contribution in [1.82, 2.24) is 10.2 Å². The van der Waals surface area contributed by atoms with E-state index in [0.29, 0.717) is 13.0 Å². The van der Waals surface area contributed by atoms with Crippen molar-refractivity contribution in [3.05, 3.63) is 35.9 Å². The number of aliphatic hydroxyl groups excluding tert-OH is 1. The zero-order valence-corrected chi connectivity index (χ0v) is 15.1. The Bertz CT molecular complexity index is 542. The summed E-state index contributed by atoms with van der Waals surface area (Å²) in [6.45, 7) is 5.62. The number of benzene rings is 1. The Hall–Kier alpha value is -2.12. The summed E-state index contributed by atoms with van der Waals surface area (Å²) in [5.74, 6) is -1.16. The van der Waals surface area contributed by atoms with Gasteiger partial charge in [-0.3, -0.25) is 0 Å². The van der Waals surface area contributed by atoms with Crippen molar-refractivity contribution in [2.75, 3.05) is 26.3 Å². The SMILES string of the molecule is CC(C)(C)OCC(NC(=O)N(CCO)CCc1ccccc1)C(=O)O. The molecule has 0 aliphatic heterocycles. The second-order valence-electron chi connectivity index (χ2n) is 6.71. The normalized spacial score (nSPS) is 12.5. The highest BCUT2D eigenvalue weighted by atomic mass is 16.5. The van der Waals surface area contributed by atoms with Crippen LogP contribution in [0.25, 0.3) is 0 Å². The van der Waals surface area contributed by atoms with Gasteiger partial charge in [0.15, 0.2) is 6.04 Å². The van der Waals surface area contributed by atoms with Crippen LogP contribution >= 0.6 is 0 Å². The van der Waals surface area contributed by atoms with Gasteiger partial charge in [0, 0.05) is 13.1 Å². The zero-order chi connectivity index (χ0) is 18.9. The van der Waals surface area contributed by atoms with E-state index in [4.69, 9.17) is 4.74 Å². The van der Waals surface area contributed by atoms with Gasteiger partial charge in [0.25, 0.3) is 0 Å². The number of carboxylic acids is 1. The van der Waals surface area contributed by atoms with Crippen LogP contribution in [0.5, 0.6) is 0 Å². The summed E-state index contributed by atoms with van der Waals surface area (Å²) in [6.07, 6.45) is 0.616. The molecule has 0 saturated heterocycles. The first-order valence-electron chi connectivity index (χ1n) is 8.30. The van der Waals surface area contributed by atoms with Crippen LogP contribution in [-0.2, 0) is 16.0 Å². The molecule has 2 amide bonds. The number of carboxylic acid groups (broad SMARTS) is 1. The average Bonchev–Trinajstić information content (AvgIpc) is 2.54. The Balaban J connectivity index is 2.64. The predicted octanol–water partition coefficient (Wildman–Crippen LogP) is 1.50. The van der Waals surface area contributed by atoms with Crippen molar-refractivity contribution in [2.24, 2.45) is 0 Å². The third-order valence-electron chi connectivity index (χ3n) is 3.45. The molecule has 0 aliphatic carbocycles. The van der Waals surface area contributed by atoms with Gasteiger partial charge in [-0.15, -0.1) is 0 Å². The number of hydrogen-bond donors (Lipinski definition) is 3. The van der Waals surface area contributed by atoms with Crippen LogP contribution in [0, 0.1) is 0 Å². The van der Waals surface area contributed by atoms with Gasteiger partial charge in [0.1, 0.15) is 0 Å². The van der Waals surface area contributed by atoms with Gasteiger partial charge >= 0.3 is 12.0 Å². The largest absolute Gasteiger partial charge is 0.480 e. The maximum Gasteiger partial charge on any atom is 0.328 e. The van der Waals surface area contributed by atoms with E-state index >= 15 is 0 Å². The van der Waals surface area contributed by atoms with Gasteiger partial charge in [0.05, 0.1) is 18.8 Å². The van der Waals surface area contributed by atoms with Gasteiger partial charge < -0.3 is 25.2 Å². The predicted molar refractivity (Wildman–Crippen MR) is 94.5 cm³/mol. The second kappa shape index (κ2) is 10.0. The first kappa shape index (κ1) is 20.9. The Morgan fingerprint density at radius 2 is 1.84 bits per heavy atom. The lowest BCUT2D eigenvalue weighted by atomic mass is 10.1. The minimum absolute atomic E-state index is 0.129. The summed E-state index contributed by atoms with van der Waals surface area (Å²) >= 11 is 0. The number of aliphatic hydroxyl groups is 1. The van der Waals surface area contributed by atoms with Crippen LogP contribution < -0.4 is 5.32 Å². The highest BCUT2D eigenvalue weighted by Crippen LogP contribution is 2.08. The number of amides is 2. The molecule has 0 radical (unpaired) electrons. The van der Waals surface area contributed by atoms with Crippen LogP contribution in [0.4, 0.5) is 4.79 Å². The van der Waals surface area contributed by atoms with E-state index in [1.54, 1.807) is 0 Å². The maximum atomic E-state index is 12.4. The fourth-order valence-electron chi connectivity index (χ4n) is 2.09. The minimum atomic E-state index is -1.16. The lowest BCUT2D eigenvalue weighted by Crippen LogP contribution is -2.51. The molecular formula is C18H28N2O5. The van der Waals surface area contributed by atoms with Crippen LogP contribution in [-0.4, -0.2) is 65.1 Å². The molecule has 0 aliphatic rings. The molecule has 1 aromatic carbocycles. The number of carbonyl (C=O) groups excluding carboxylic acids is 1. The third kappa shape index (κ3) is 8.51. The number of nitrogens with one attached hydrogen (secondary N) is 1. The molecule has 0 bridgehead atoms. The molecule has 1 aromatic rings. The summed E-state index contributed by atoms with van der Waals surface area (Å²) < 4.78 is 5.46. The van der Waals surface area contributed by atoms with E-state index in [2.05, 4.69) is 5.32 Å². The molecule has 0 spiro atoms. The topological polar surface area (TPSA) is 99.1 Å². The lowest BCUT2D eigenvalue weighted by molar-refractivity contribution is -0.142. The van der Waals surface area contributed by atoms with Crippen molar-refractivity contribution < 1.29 is 24.5 Å². The highest BCUT2D eigenvalue weighted by Gasteiger charge is 2.25. The zero-order valence-electron chi connectivity index (χ0n) is 15.1. The molecule has 140 valence electrons.